The van der Waals surface area contributed by atoms with E-state index in [-0.39, 0.29) is 17.1 Å². The molecule has 0 radical (unpaired) electrons. The van der Waals surface area contributed by atoms with Gasteiger partial charge in [0.05, 0.1) is 10.5 Å². The predicted molar refractivity (Wildman–Crippen MR) is 51.1 cm³/mol. The number of para-hydroxylation sites is 1. The molecule has 14 heavy (non-hydrogen) atoms. The van der Waals surface area contributed by atoms with E-state index >= 15 is 0 Å². The van der Waals surface area contributed by atoms with Crippen molar-refractivity contribution in [1.29, 1.82) is 0 Å². The molecule has 0 saturated heterocycles. The topological polar surface area (TPSA) is 120 Å². The SMILES string of the molecule is NN/N=C(\N)c1ccccc1[N+](=O)[O-]. The summed E-state index contributed by atoms with van der Waals surface area (Å²) in [5, 5.41) is 14.0. The predicted octanol–water partition coefficient (Wildman–Crippen LogP) is -0.322. The zero-order valence-corrected chi connectivity index (χ0v) is 7.18. The summed E-state index contributed by atoms with van der Waals surface area (Å²) in [6, 6.07) is 6.01. The van der Waals surface area contributed by atoms with Gasteiger partial charge in [-0.15, -0.1) is 5.10 Å². The minimum atomic E-state index is -0.534. The summed E-state index contributed by atoms with van der Waals surface area (Å²) < 4.78 is 0. The number of nitrogens with two attached hydrogens (primary N) is 2. The standard InChI is InChI=1S/C7H9N5O2/c8-7(10-11-9)5-3-1-2-4-6(5)12(13)14/h1-4,11H,9H2,(H2,8,10). The highest BCUT2D eigenvalue weighted by molar-refractivity contribution is 6.00. The van der Waals surface area contributed by atoms with Crippen molar-refractivity contribution in [2.45, 2.75) is 0 Å². The Hall–Kier alpha value is -2.15. The maximum atomic E-state index is 10.6. The van der Waals surface area contributed by atoms with Gasteiger partial charge in [-0.2, -0.15) is 0 Å². The Morgan fingerprint density at radius 2 is 2.14 bits per heavy atom. The number of nitrogens with zero attached hydrogens (tertiary/aromatic N) is 2. The van der Waals surface area contributed by atoms with Gasteiger partial charge in [-0.05, 0) is 6.07 Å². The van der Waals surface area contributed by atoms with E-state index in [0.29, 0.717) is 0 Å². The van der Waals surface area contributed by atoms with Crippen molar-refractivity contribution in [3.8, 4) is 0 Å². The summed E-state index contributed by atoms with van der Waals surface area (Å²) in [4.78, 5) is 10.0. The van der Waals surface area contributed by atoms with E-state index in [2.05, 4.69) is 5.10 Å². The molecule has 0 saturated carbocycles. The summed E-state index contributed by atoms with van der Waals surface area (Å²) in [7, 11) is 0. The molecule has 1 aromatic carbocycles. The summed E-state index contributed by atoms with van der Waals surface area (Å²) in [6.45, 7) is 0. The minimum absolute atomic E-state index is 0.0280. The van der Waals surface area contributed by atoms with Crippen LogP contribution in [0.5, 0.6) is 0 Å². The first-order valence-electron chi connectivity index (χ1n) is 3.69. The fraction of sp³-hybridized carbons (Fsp3) is 0. The molecule has 0 spiro atoms. The third-order valence-electron chi connectivity index (χ3n) is 1.56. The lowest BCUT2D eigenvalue weighted by Crippen LogP contribution is -2.23. The number of hydrazine groups is 1. The molecule has 7 nitrogen and oxygen atoms in total. The van der Waals surface area contributed by atoms with E-state index in [9.17, 15) is 10.1 Å². The Labute approximate surface area is 79.5 Å². The van der Waals surface area contributed by atoms with Crippen molar-refractivity contribution < 1.29 is 4.92 Å². The number of rotatable bonds is 3. The molecule has 1 aromatic rings. The number of nitrogens with one attached hydrogen (secondary N) is 1. The van der Waals surface area contributed by atoms with Gasteiger partial charge >= 0.3 is 0 Å². The number of hydrogen-bond donors (Lipinski definition) is 3. The molecule has 7 heteroatoms. The summed E-state index contributed by atoms with van der Waals surface area (Å²) in [6.07, 6.45) is 0. The van der Waals surface area contributed by atoms with Crippen molar-refractivity contribution in [3.05, 3.63) is 39.9 Å². The smallest absolute Gasteiger partial charge is 0.280 e. The molecule has 0 aliphatic heterocycles. The monoisotopic (exact) mass is 195 g/mol. The van der Waals surface area contributed by atoms with Crippen LogP contribution in [-0.4, -0.2) is 10.8 Å². The van der Waals surface area contributed by atoms with Gasteiger partial charge in [0, 0.05) is 6.07 Å². The fourth-order valence-corrected chi connectivity index (χ4v) is 0.979. The molecular formula is C7H9N5O2. The summed E-state index contributed by atoms with van der Waals surface area (Å²) in [5.74, 6) is 4.88. The Balaban J connectivity index is 3.20. The molecule has 0 aliphatic carbocycles. The van der Waals surface area contributed by atoms with Gasteiger partial charge < -0.3 is 5.73 Å². The van der Waals surface area contributed by atoms with E-state index in [4.69, 9.17) is 11.6 Å². The number of nitro groups is 1. The van der Waals surface area contributed by atoms with E-state index < -0.39 is 4.92 Å². The van der Waals surface area contributed by atoms with Crippen molar-refractivity contribution in [2.24, 2.45) is 16.7 Å². The zero-order chi connectivity index (χ0) is 10.6. The molecule has 0 aromatic heterocycles. The highest BCUT2D eigenvalue weighted by Crippen LogP contribution is 2.16. The van der Waals surface area contributed by atoms with Gasteiger partial charge in [-0.1, -0.05) is 12.1 Å². The van der Waals surface area contributed by atoms with Gasteiger partial charge in [0.15, 0.2) is 5.84 Å². The lowest BCUT2D eigenvalue weighted by molar-refractivity contribution is -0.385. The molecule has 0 atom stereocenters. The van der Waals surface area contributed by atoms with Crippen molar-refractivity contribution in [2.75, 3.05) is 0 Å². The molecule has 0 fully saturated rings. The Bertz CT molecular complexity index is 376. The van der Waals surface area contributed by atoms with Gasteiger partial charge in [-0.25, -0.2) is 11.4 Å². The van der Waals surface area contributed by atoms with E-state index in [1.807, 2.05) is 5.53 Å². The average Bonchev–Trinajstić information content (AvgIpc) is 2.18. The van der Waals surface area contributed by atoms with Crippen LogP contribution in [0.2, 0.25) is 0 Å². The molecule has 0 bridgehead atoms. The number of benzene rings is 1. The molecule has 0 unspecified atom stereocenters. The zero-order valence-electron chi connectivity index (χ0n) is 7.18. The second-order valence-corrected chi connectivity index (χ2v) is 2.40. The quantitative estimate of drug-likeness (QED) is 0.201. The van der Waals surface area contributed by atoms with Crippen LogP contribution in [0.1, 0.15) is 5.56 Å². The average molecular weight is 195 g/mol. The summed E-state index contributed by atoms with van der Waals surface area (Å²) in [5.41, 5.74) is 7.54. The second kappa shape index (κ2) is 4.19. The van der Waals surface area contributed by atoms with Gasteiger partial charge in [-0.3, -0.25) is 10.1 Å². The highest BCUT2D eigenvalue weighted by Gasteiger charge is 2.14. The van der Waals surface area contributed by atoms with Crippen LogP contribution in [0.15, 0.2) is 29.4 Å². The lowest BCUT2D eigenvalue weighted by Gasteiger charge is -2.00. The number of nitro benzene ring substituents is 1. The van der Waals surface area contributed by atoms with E-state index in [1.54, 1.807) is 12.1 Å². The molecule has 0 aliphatic rings. The van der Waals surface area contributed by atoms with Crippen LogP contribution in [-0.2, 0) is 0 Å². The molecule has 0 heterocycles. The molecule has 5 N–H and O–H groups in total. The van der Waals surface area contributed by atoms with Crippen molar-refractivity contribution >= 4 is 11.5 Å². The number of amidine groups is 1. The number of hydrazone groups is 1. The third-order valence-corrected chi connectivity index (χ3v) is 1.56. The Kier molecular flexibility index (Phi) is 2.97. The van der Waals surface area contributed by atoms with Crippen LogP contribution in [0.25, 0.3) is 0 Å². The first-order valence-corrected chi connectivity index (χ1v) is 3.69. The van der Waals surface area contributed by atoms with Crippen LogP contribution in [0.3, 0.4) is 0 Å². The first-order chi connectivity index (χ1) is 6.66. The van der Waals surface area contributed by atoms with Crippen LogP contribution >= 0.6 is 0 Å². The third kappa shape index (κ3) is 1.96. The highest BCUT2D eigenvalue weighted by atomic mass is 16.6. The normalized spacial score (nSPS) is 11.1. The molecular weight excluding hydrogens is 186 g/mol. The van der Waals surface area contributed by atoms with Crippen molar-refractivity contribution in [1.82, 2.24) is 5.53 Å². The van der Waals surface area contributed by atoms with Crippen molar-refractivity contribution in [3.63, 3.8) is 0 Å². The van der Waals surface area contributed by atoms with Crippen LogP contribution in [0, 0.1) is 10.1 Å². The lowest BCUT2D eigenvalue weighted by atomic mass is 10.1. The molecule has 1 rings (SSSR count). The maximum absolute atomic E-state index is 10.6. The van der Waals surface area contributed by atoms with Gasteiger partial charge in [0.25, 0.3) is 5.69 Å². The van der Waals surface area contributed by atoms with Crippen LogP contribution < -0.4 is 17.1 Å². The largest absolute Gasteiger partial charge is 0.382 e. The van der Waals surface area contributed by atoms with Gasteiger partial charge in [0.1, 0.15) is 0 Å². The maximum Gasteiger partial charge on any atom is 0.280 e. The summed E-state index contributed by atoms with van der Waals surface area (Å²) >= 11 is 0. The number of hydrogen-bond acceptors (Lipinski definition) is 5. The first kappa shape index (κ1) is 9.93. The van der Waals surface area contributed by atoms with E-state index in [1.165, 1.54) is 12.1 Å². The van der Waals surface area contributed by atoms with Crippen LogP contribution in [0.4, 0.5) is 5.69 Å². The molecule has 0 amide bonds. The molecule has 74 valence electrons. The Morgan fingerprint density at radius 3 is 2.71 bits per heavy atom. The second-order valence-electron chi connectivity index (χ2n) is 2.40. The Morgan fingerprint density at radius 1 is 1.50 bits per heavy atom. The van der Waals surface area contributed by atoms with Gasteiger partial charge in [0.2, 0.25) is 0 Å². The van der Waals surface area contributed by atoms with E-state index in [0.717, 1.165) is 0 Å². The fourth-order valence-electron chi connectivity index (χ4n) is 0.979. The minimum Gasteiger partial charge on any atom is -0.382 e.